The maximum atomic E-state index is 12.8. The summed E-state index contributed by atoms with van der Waals surface area (Å²) >= 11 is 0. The first-order valence-electron chi connectivity index (χ1n) is 8.74. The van der Waals surface area contributed by atoms with Crippen LogP contribution >= 0.6 is 0 Å². The van der Waals surface area contributed by atoms with Crippen LogP contribution in [0.3, 0.4) is 0 Å². The molecule has 9 heteroatoms. The molecule has 2 N–H and O–H groups in total. The first-order valence-corrected chi connectivity index (χ1v) is 8.74. The molecule has 1 aliphatic heterocycles. The van der Waals surface area contributed by atoms with Crippen LogP contribution in [0.4, 0.5) is 0 Å². The van der Waals surface area contributed by atoms with Crippen LogP contribution in [0.25, 0.3) is 10.9 Å². The number of carbonyl (C=O) groups is 1. The third-order valence-corrected chi connectivity index (χ3v) is 4.73. The zero-order chi connectivity index (χ0) is 20.7. The number of aromatic nitrogens is 1. The molecule has 0 saturated heterocycles. The standard InChI is InChI=1S/C20H17NO8/c1-9-3-14(22)18(24)19(29-9)11(6-17(23)26-2)12-4-10-5-15-16(28-8-27-15)7-13(10)21-20(12)25/h3-5,7,11,24H,6,8H2,1-2H3,(H,21,25)/t11-/m0/s1. The second-order valence-electron chi connectivity index (χ2n) is 6.61. The van der Waals surface area contributed by atoms with Crippen molar-refractivity contribution in [2.45, 2.75) is 19.3 Å². The lowest BCUT2D eigenvalue weighted by Crippen LogP contribution is -2.21. The molecule has 3 aromatic rings. The van der Waals surface area contributed by atoms with Crippen molar-refractivity contribution in [1.82, 2.24) is 4.98 Å². The molecular formula is C20H17NO8. The van der Waals surface area contributed by atoms with Gasteiger partial charge in [0, 0.05) is 23.1 Å². The van der Waals surface area contributed by atoms with Gasteiger partial charge in [-0.25, -0.2) is 0 Å². The van der Waals surface area contributed by atoms with Crippen molar-refractivity contribution in [3.63, 3.8) is 0 Å². The summed E-state index contributed by atoms with van der Waals surface area (Å²) in [5, 5.41) is 10.9. The Balaban J connectivity index is 1.93. The van der Waals surface area contributed by atoms with Crippen molar-refractivity contribution in [2.75, 3.05) is 13.9 Å². The normalized spacial score (nSPS) is 13.4. The number of H-pyrrole nitrogens is 1. The van der Waals surface area contributed by atoms with Gasteiger partial charge in [-0.05, 0) is 19.1 Å². The number of aromatic hydroxyl groups is 1. The Morgan fingerprint density at radius 1 is 1.21 bits per heavy atom. The van der Waals surface area contributed by atoms with E-state index in [9.17, 15) is 19.5 Å². The summed E-state index contributed by atoms with van der Waals surface area (Å²) in [6.45, 7) is 1.61. The van der Waals surface area contributed by atoms with E-state index in [1.54, 1.807) is 18.2 Å². The van der Waals surface area contributed by atoms with E-state index < -0.39 is 28.6 Å². The number of pyridine rings is 1. The summed E-state index contributed by atoms with van der Waals surface area (Å²) in [7, 11) is 1.21. The summed E-state index contributed by atoms with van der Waals surface area (Å²) in [5.74, 6) is -1.24. The monoisotopic (exact) mass is 399 g/mol. The van der Waals surface area contributed by atoms with Gasteiger partial charge < -0.3 is 28.7 Å². The fraction of sp³-hybridized carbons (Fsp3) is 0.250. The maximum absolute atomic E-state index is 12.8. The summed E-state index contributed by atoms with van der Waals surface area (Å²) in [4.78, 5) is 39.6. The average molecular weight is 399 g/mol. The highest BCUT2D eigenvalue weighted by molar-refractivity contribution is 5.83. The van der Waals surface area contributed by atoms with Crippen LogP contribution in [0.5, 0.6) is 17.2 Å². The third kappa shape index (κ3) is 3.31. The van der Waals surface area contributed by atoms with Crippen molar-refractivity contribution >= 4 is 16.9 Å². The predicted molar refractivity (Wildman–Crippen MR) is 101 cm³/mol. The smallest absolute Gasteiger partial charge is 0.306 e. The fourth-order valence-corrected chi connectivity index (χ4v) is 3.33. The van der Waals surface area contributed by atoms with Crippen LogP contribution in [0.15, 0.2) is 38.3 Å². The Kier molecular flexibility index (Phi) is 4.50. The van der Waals surface area contributed by atoms with Gasteiger partial charge in [-0.15, -0.1) is 0 Å². The van der Waals surface area contributed by atoms with Crippen LogP contribution < -0.4 is 20.5 Å². The molecule has 29 heavy (non-hydrogen) atoms. The Hall–Kier alpha value is -3.75. The zero-order valence-corrected chi connectivity index (χ0v) is 15.6. The summed E-state index contributed by atoms with van der Waals surface area (Å²) < 4.78 is 20.9. The van der Waals surface area contributed by atoms with Gasteiger partial charge in [0.15, 0.2) is 17.3 Å². The minimum Gasteiger partial charge on any atom is -0.502 e. The minimum absolute atomic E-state index is 0.0794. The summed E-state index contributed by atoms with van der Waals surface area (Å²) in [5.41, 5.74) is -0.534. The van der Waals surface area contributed by atoms with Gasteiger partial charge in [0.2, 0.25) is 18.0 Å². The van der Waals surface area contributed by atoms with Gasteiger partial charge in [-0.3, -0.25) is 14.4 Å². The van der Waals surface area contributed by atoms with E-state index in [4.69, 9.17) is 18.6 Å². The maximum Gasteiger partial charge on any atom is 0.306 e. The molecule has 1 aromatic carbocycles. The summed E-state index contributed by atoms with van der Waals surface area (Å²) in [6.07, 6.45) is -0.310. The topological polar surface area (TPSA) is 128 Å². The number of nitrogens with one attached hydrogen (secondary N) is 1. The number of fused-ring (bicyclic) bond motifs is 2. The molecule has 4 rings (SSSR count). The Morgan fingerprint density at radius 3 is 2.66 bits per heavy atom. The number of aryl methyl sites for hydroxylation is 1. The second kappa shape index (κ2) is 7.01. The number of esters is 1. The number of hydrogen-bond acceptors (Lipinski definition) is 8. The highest BCUT2D eigenvalue weighted by Crippen LogP contribution is 2.37. The van der Waals surface area contributed by atoms with Crippen molar-refractivity contribution < 1.29 is 28.5 Å². The molecule has 0 aliphatic carbocycles. The molecule has 9 nitrogen and oxygen atoms in total. The van der Waals surface area contributed by atoms with Crippen molar-refractivity contribution in [1.29, 1.82) is 0 Å². The van der Waals surface area contributed by atoms with Crippen molar-refractivity contribution in [3.05, 3.63) is 61.9 Å². The van der Waals surface area contributed by atoms with Crippen LogP contribution in [0, 0.1) is 6.92 Å². The van der Waals surface area contributed by atoms with E-state index in [1.165, 1.54) is 14.0 Å². The molecule has 2 aromatic heterocycles. The Bertz CT molecular complexity index is 1240. The first kappa shape index (κ1) is 18.6. The lowest BCUT2D eigenvalue weighted by Gasteiger charge is -2.17. The number of aromatic amines is 1. The van der Waals surface area contributed by atoms with Crippen LogP contribution in [-0.2, 0) is 9.53 Å². The summed E-state index contributed by atoms with van der Waals surface area (Å²) in [6, 6.07) is 6.02. The van der Waals surface area contributed by atoms with Crippen molar-refractivity contribution in [3.8, 4) is 17.2 Å². The molecular weight excluding hydrogens is 382 g/mol. The molecule has 0 saturated carbocycles. The fourth-order valence-electron chi connectivity index (χ4n) is 3.33. The van der Waals surface area contributed by atoms with Gasteiger partial charge in [0.1, 0.15) is 5.76 Å². The largest absolute Gasteiger partial charge is 0.502 e. The van der Waals surface area contributed by atoms with Gasteiger partial charge in [0.25, 0.3) is 5.56 Å². The predicted octanol–water partition coefficient (Wildman–Crippen LogP) is 1.92. The van der Waals surface area contributed by atoms with Gasteiger partial charge in [-0.1, -0.05) is 0 Å². The Morgan fingerprint density at radius 2 is 1.93 bits per heavy atom. The highest BCUT2D eigenvalue weighted by Gasteiger charge is 2.29. The van der Waals surface area contributed by atoms with E-state index in [2.05, 4.69) is 4.98 Å². The van der Waals surface area contributed by atoms with Gasteiger partial charge in [-0.2, -0.15) is 0 Å². The number of rotatable bonds is 4. The number of benzene rings is 1. The quantitative estimate of drug-likeness (QED) is 0.637. The number of hydrogen-bond donors (Lipinski definition) is 2. The third-order valence-electron chi connectivity index (χ3n) is 4.73. The first-order chi connectivity index (χ1) is 13.9. The average Bonchev–Trinajstić information content (AvgIpc) is 3.14. The van der Waals surface area contributed by atoms with Crippen LogP contribution in [0.1, 0.15) is 29.4 Å². The van der Waals surface area contributed by atoms with E-state index in [0.717, 1.165) is 6.07 Å². The SMILES string of the molecule is COC(=O)C[C@H](c1oc(C)cc(=O)c1O)c1cc2cc3c(cc2[nH]c1=O)OCO3. The molecule has 0 amide bonds. The lowest BCUT2D eigenvalue weighted by molar-refractivity contribution is -0.140. The molecule has 0 spiro atoms. The second-order valence-corrected chi connectivity index (χ2v) is 6.61. The van der Waals surface area contributed by atoms with Crippen LogP contribution in [0.2, 0.25) is 0 Å². The van der Waals surface area contributed by atoms with Crippen LogP contribution in [-0.4, -0.2) is 30.0 Å². The highest BCUT2D eigenvalue weighted by atomic mass is 16.7. The zero-order valence-electron chi connectivity index (χ0n) is 15.6. The molecule has 3 heterocycles. The molecule has 1 aliphatic rings. The van der Waals surface area contributed by atoms with Crippen molar-refractivity contribution in [2.24, 2.45) is 0 Å². The molecule has 0 unspecified atom stereocenters. The Labute approximate surface area is 163 Å². The minimum atomic E-state index is -1.03. The number of methoxy groups -OCH3 is 1. The van der Waals surface area contributed by atoms with E-state index in [-0.39, 0.29) is 30.3 Å². The van der Waals surface area contributed by atoms with E-state index in [1.807, 2.05) is 0 Å². The van der Waals surface area contributed by atoms with E-state index >= 15 is 0 Å². The van der Waals surface area contributed by atoms with Gasteiger partial charge in [0.05, 0.1) is 25.0 Å². The molecule has 150 valence electrons. The number of ether oxygens (including phenoxy) is 3. The van der Waals surface area contributed by atoms with Gasteiger partial charge >= 0.3 is 5.97 Å². The molecule has 0 bridgehead atoms. The molecule has 1 atom stereocenters. The lowest BCUT2D eigenvalue weighted by atomic mass is 9.92. The molecule has 0 fully saturated rings. The van der Waals surface area contributed by atoms with E-state index in [0.29, 0.717) is 22.4 Å². The number of carbonyl (C=O) groups excluding carboxylic acids is 1. The molecule has 0 radical (unpaired) electrons.